The average Bonchev–Trinajstić information content (AvgIpc) is 2.72. The monoisotopic (exact) mass is 293 g/mol. The van der Waals surface area contributed by atoms with Crippen LogP contribution in [0.3, 0.4) is 0 Å². The van der Waals surface area contributed by atoms with Crippen molar-refractivity contribution >= 4 is 22.6 Å². The Hall–Kier alpha value is -1.06. The van der Waals surface area contributed by atoms with Crippen LogP contribution in [0.2, 0.25) is 5.02 Å². The van der Waals surface area contributed by atoms with Gasteiger partial charge in [0.15, 0.2) is 0 Å². The molecule has 0 spiro atoms. The van der Waals surface area contributed by atoms with Crippen molar-refractivity contribution in [2.75, 3.05) is 6.54 Å². The highest BCUT2D eigenvalue weighted by molar-refractivity contribution is 6.31. The topological polar surface area (TPSA) is 29.9 Å². The second-order valence-corrected chi connectivity index (χ2v) is 5.96. The molecule has 0 saturated heterocycles. The van der Waals surface area contributed by atoms with Crippen LogP contribution >= 0.6 is 11.6 Å². The maximum atomic E-state index is 6.06. The molecule has 2 rings (SSSR count). The van der Waals surface area contributed by atoms with E-state index in [9.17, 15) is 0 Å². The Morgan fingerprint density at radius 3 is 2.85 bits per heavy atom. The number of benzene rings is 1. The maximum Gasteiger partial charge on any atom is 0.109 e. The van der Waals surface area contributed by atoms with E-state index in [1.54, 1.807) is 0 Å². The molecule has 0 aliphatic rings. The van der Waals surface area contributed by atoms with Gasteiger partial charge in [-0.2, -0.15) is 0 Å². The highest BCUT2D eigenvalue weighted by Gasteiger charge is 2.10. The van der Waals surface area contributed by atoms with E-state index in [0.717, 1.165) is 42.9 Å². The number of aryl methyl sites for hydroxylation is 2. The minimum atomic E-state index is 0.545. The second-order valence-electron chi connectivity index (χ2n) is 5.53. The van der Waals surface area contributed by atoms with Gasteiger partial charge in [-0.3, -0.25) is 0 Å². The quantitative estimate of drug-likeness (QED) is 0.781. The fourth-order valence-electron chi connectivity index (χ4n) is 2.45. The molecular weight excluding hydrogens is 270 g/mol. The molecule has 0 atom stereocenters. The molecule has 1 aromatic carbocycles. The Morgan fingerprint density at radius 1 is 1.35 bits per heavy atom. The number of nitrogens with one attached hydrogen (secondary N) is 1. The number of halogens is 1. The molecular formula is C16H24ClN3. The van der Waals surface area contributed by atoms with Crippen molar-refractivity contribution in [3.63, 3.8) is 0 Å². The van der Waals surface area contributed by atoms with Gasteiger partial charge in [0.2, 0.25) is 0 Å². The fourth-order valence-corrected chi connectivity index (χ4v) is 2.62. The van der Waals surface area contributed by atoms with Gasteiger partial charge in [-0.25, -0.2) is 4.98 Å². The summed E-state index contributed by atoms with van der Waals surface area (Å²) in [4.78, 5) is 4.76. The van der Waals surface area contributed by atoms with Crippen LogP contribution in [0, 0.1) is 0 Å². The SMILES string of the molecule is CCCn1c(CCCNC(C)C)nc2cc(Cl)ccc21. The van der Waals surface area contributed by atoms with E-state index in [4.69, 9.17) is 16.6 Å². The third-order valence-electron chi connectivity index (χ3n) is 3.37. The Balaban J connectivity index is 2.16. The number of rotatable bonds is 7. The third kappa shape index (κ3) is 3.74. The summed E-state index contributed by atoms with van der Waals surface area (Å²) in [6.07, 6.45) is 3.23. The number of nitrogens with zero attached hydrogens (tertiary/aromatic N) is 2. The number of hydrogen-bond donors (Lipinski definition) is 1. The molecule has 1 N–H and O–H groups in total. The van der Waals surface area contributed by atoms with Gasteiger partial charge >= 0.3 is 0 Å². The molecule has 0 radical (unpaired) electrons. The predicted octanol–water partition coefficient (Wildman–Crippen LogP) is 4.03. The normalized spacial score (nSPS) is 11.7. The minimum Gasteiger partial charge on any atom is -0.328 e. The van der Waals surface area contributed by atoms with Crippen LogP contribution in [-0.2, 0) is 13.0 Å². The Bertz CT molecular complexity index is 560. The van der Waals surface area contributed by atoms with E-state index < -0.39 is 0 Å². The van der Waals surface area contributed by atoms with Crippen LogP contribution in [0.1, 0.15) is 39.4 Å². The Kier molecular flexibility index (Phi) is 5.44. The molecule has 4 heteroatoms. The number of imidazole rings is 1. The van der Waals surface area contributed by atoms with Gasteiger partial charge in [-0.05, 0) is 37.6 Å². The van der Waals surface area contributed by atoms with Crippen molar-refractivity contribution in [2.24, 2.45) is 0 Å². The van der Waals surface area contributed by atoms with Crippen LogP contribution < -0.4 is 5.32 Å². The summed E-state index contributed by atoms with van der Waals surface area (Å²) in [6.45, 7) is 8.60. The van der Waals surface area contributed by atoms with E-state index in [1.165, 1.54) is 11.3 Å². The molecule has 1 aromatic heterocycles. The first-order valence-corrected chi connectivity index (χ1v) is 7.87. The fraction of sp³-hybridized carbons (Fsp3) is 0.562. The lowest BCUT2D eigenvalue weighted by atomic mass is 10.2. The highest BCUT2D eigenvalue weighted by Crippen LogP contribution is 2.21. The lowest BCUT2D eigenvalue weighted by Crippen LogP contribution is -2.24. The zero-order valence-electron chi connectivity index (χ0n) is 12.6. The standard InChI is InChI=1S/C16H24ClN3/c1-4-10-20-15-8-7-13(17)11-14(15)19-16(20)6-5-9-18-12(2)3/h7-8,11-12,18H,4-6,9-10H2,1-3H3. The molecule has 2 aromatic rings. The summed E-state index contributed by atoms with van der Waals surface area (Å²) in [7, 11) is 0. The lowest BCUT2D eigenvalue weighted by Gasteiger charge is -2.09. The van der Waals surface area contributed by atoms with Gasteiger partial charge in [0.1, 0.15) is 5.82 Å². The van der Waals surface area contributed by atoms with Gasteiger partial charge < -0.3 is 9.88 Å². The number of aromatic nitrogens is 2. The van der Waals surface area contributed by atoms with E-state index in [1.807, 2.05) is 12.1 Å². The lowest BCUT2D eigenvalue weighted by molar-refractivity contribution is 0.556. The van der Waals surface area contributed by atoms with E-state index in [0.29, 0.717) is 6.04 Å². The minimum absolute atomic E-state index is 0.545. The van der Waals surface area contributed by atoms with Crippen LogP contribution in [0.5, 0.6) is 0 Å². The second kappa shape index (κ2) is 7.09. The summed E-state index contributed by atoms with van der Waals surface area (Å²) >= 11 is 6.06. The average molecular weight is 294 g/mol. The zero-order chi connectivity index (χ0) is 14.5. The molecule has 0 aliphatic carbocycles. The first kappa shape index (κ1) is 15.3. The summed E-state index contributed by atoms with van der Waals surface area (Å²) in [5.74, 6) is 1.18. The Morgan fingerprint density at radius 2 is 2.15 bits per heavy atom. The van der Waals surface area contributed by atoms with E-state index in [-0.39, 0.29) is 0 Å². The predicted molar refractivity (Wildman–Crippen MR) is 86.5 cm³/mol. The van der Waals surface area contributed by atoms with Crippen LogP contribution in [0.15, 0.2) is 18.2 Å². The molecule has 0 unspecified atom stereocenters. The molecule has 1 heterocycles. The van der Waals surface area contributed by atoms with Gasteiger partial charge in [0.25, 0.3) is 0 Å². The maximum absolute atomic E-state index is 6.06. The summed E-state index contributed by atoms with van der Waals surface area (Å²) in [5, 5.41) is 4.21. The van der Waals surface area contributed by atoms with Gasteiger partial charge in [0.05, 0.1) is 11.0 Å². The van der Waals surface area contributed by atoms with Crippen molar-refractivity contribution in [3.8, 4) is 0 Å². The molecule has 0 saturated carbocycles. The molecule has 3 nitrogen and oxygen atoms in total. The number of fused-ring (bicyclic) bond motifs is 1. The summed E-state index contributed by atoms with van der Waals surface area (Å²) in [6, 6.07) is 6.53. The largest absolute Gasteiger partial charge is 0.328 e. The zero-order valence-corrected chi connectivity index (χ0v) is 13.4. The Labute approximate surface area is 126 Å². The van der Waals surface area contributed by atoms with Crippen molar-refractivity contribution < 1.29 is 0 Å². The van der Waals surface area contributed by atoms with Gasteiger partial charge in [-0.1, -0.05) is 32.4 Å². The summed E-state index contributed by atoms with van der Waals surface area (Å²) < 4.78 is 2.33. The molecule has 0 fully saturated rings. The first-order chi connectivity index (χ1) is 9.61. The molecule has 20 heavy (non-hydrogen) atoms. The summed E-state index contributed by atoms with van der Waals surface area (Å²) in [5.41, 5.74) is 2.21. The van der Waals surface area contributed by atoms with E-state index >= 15 is 0 Å². The third-order valence-corrected chi connectivity index (χ3v) is 3.60. The molecule has 0 amide bonds. The van der Waals surface area contributed by atoms with Crippen LogP contribution in [0.25, 0.3) is 11.0 Å². The smallest absolute Gasteiger partial charge is 0.109 e. The van der Waals surface area contributed by atoms with Crippen molar-refractivity contribution in [3.05, 3.63) is 29.0 Å². The first-order valence-electron chi connectivity index (χ1n) is 7.50. The molecule has 0 bridgehead atoms. The molecule has 0 aliphatic heterocycles. The van der Waals surface area contributed by atoms with Crippen molar-refractivity contribution in [2.45, 2.75) is 52.6 Å². The number of hydrogen-bond acceptors (Lipinski definition) is 2. The van der Waals surface area contributed by atoms with Gasteiger partial charge in [0, 0.05) is 24.0 Å². The van der Waals surface area contributed by atoms with E-state index in [2.05, 4.69) is 36.7 Å². The van der Waals surface area contributed by atoms with Crippen molar-refractivity contribution in [1.82, 2.24) is 14.9 Å². The van der Waals surface area contributed by atoms with Crippen LogP contribution in [0.4, 0.5) is 0 Å². The van der Waals surface area contributed by atoms with Gasteiger partial charge in [-0.15, -0.1) is 0 Å². The van der Waals surface area contributed by atoms with Crippen LogP contribution in [-0.4, -0.2) is 22.1 Å². The van der Waals surface area contributed by atoms with Crippen molar-refractivity contribution in [1.29, 1.82) is 0 Å². The molecule has 110 valence electrons. The highest BCUT2D eigenvalue weighted by atomic mass is 35.5.